The Morgan fingerprint density at radius 3 is 2.50 bits per heavy atom. The van der Waals surface area contributed by atoms with Crippen LogP contribution in [0.4, 0.5) is 4.79 Å². The van der Waals surface area contributed by atoms with Gasteiger partial charge in [0.2, 0.25) is 0 Å². The third kappa shape index (κ3) is 6.42. The van der Waals surface area contributed by atoms with Gasteiger partial charge < -0.3 is 9.64 Å². The Morgan fingerprint density at radius 1 is 1.25 bits per heavy atom. The number of unbranched alkanes of at least 4 members (excludes halogenated alkanes) is 1. The summed E-state index contributed by atoms with van der Waals surface area (Å²) in [6.07, 6.45) is 2.79. The number of carbonyl (C=O) groups is 1. The number of halogens is 1. The summed E-state index contributed by atoms with van der Waals surface area (Å²) >= 11 is 3.55. The lowest BCUT2D eigenvalue weighted by Crippen LogP contribution is -2.34. The van der Waals surface area contributed by atoms with Crippen molar-refractivity contribution < 1.29 is 9.53 Å². The van der Waals surface area contributed by atoms with E-state index in [9.17, 15) is 4.79 Å². The van der Waals surface area contributed by atoms with Gasteiger partial charge in [-0.1, -0.05) is 34.1 Å². The molecular weight excluding hydrogens is 318 g/mol. The van der Waals surface area contributed by atoms with Crippen LogP contribution < -0.4 is 0 Å². The van der Waals surface area contributed by atoms with Crippen LogP contribution >= 0.6 is 15.9 Å². The minimum atomic E-state index is -0.430. The monoisotopic (exact) mass is 341 g/mol. The molecule has 0 N–H and O–H groups in total. The molecule has 0 saturated heterocycles. The van der Waals surface area contributed by atoms with Crippen molar-refractivity contribution in [3.8, 4) is 0 Å². The maximum Gasteiger partial charge on any atom is 0.410 e. The van der Waals surface area contributed by atoms with Crippen LogP contribution in [0.15, 0.2) is 28.7 Å². The first kappa shape index (κ1) is 17.0. The fraction of sp³-hybridized carbons (Fsp3) is 0.562. The quantitative estimate of drug-likeness (QED) is 0.730. The van der Waals surface area contributed by atoms with Crippen LogP contribution in [0.3, 0.4) is 0 Å². The Bertz CT molecular complexity index is 440. The van der Waals surface area contributed by atoms with E-state index in [2.05, 4.69) is 28.1 Å². The predicted octanol–water partition coefficient (Wildman–Crippen LogP) is 4.64. The zero-order chi connectivity index (χ0) is 15.2. The molecule has 20 heavy (non-hydrogen) atoms. The summed E-state index contributed by atoms with van der Waals surface area (Å²) in [4.78, 5) is 13.4. The first-order chi connectivity index (χ1) is 9.29. The van der Waals surface area contributed by atoms with Crippen LogP contribution in [0, 0.1) is 0 Å². The van der Waals surface area contributed by atoms with Crippen LogP contribution in [-0.4, -0.2) is 30.2 Å². The summed E-state index contributed by atoms with van der Waals surface area (Å²) in [6, 6.07) is 8.25. The summed E-state index contributed by atoms with van der Waals surface area (Å²) in [6.45, 7) is 6.36. The molecule has 0 aromatic heterocycles. The third-order valence-electron chi connectivity index (χ3n) is 2.85. The van der Waals surface area contributed by atoms with E-state index in [-0.39, 0.29) is 6.09 Å². The zero-order valence-electron chi connectivity index (χ0n) is 12.8. The largest absolute Gasteiger partial charge is 0.444 e. The van der Waals surface area contributed by atoms with Crippen molar-refractivity contribution in [3.63, 3.8) is 0 Å². The molecule has 0 heterocycles. The standard InChI is InChI=1S/C16H24BrNO2/c1-16(2,3)20-15(19)18(4)12-8-7-10-13-9-5-6-11-14(13)17/h5-6,9,11H,7-8,10,12H2,1-4H3. The number of benzene rings is 1. The van der Waals surface area contributed by atoms with Gasteiger partial charge in [0, 0.05) is 18.1 Å². The van der Waals surface area contributed by atoms with Gasteiger partial charge in [-0.3, -0.25) is 0 Å². The van der Waals surface area contributed by atoms with Crippen molar-refractivity contribution in [3.05, 3.63) is 34.3 Å². The molecule has 4 heteroatoms. The third-order valence-corrected chi connectivity index (χ3v) is 3.63. The first-order valence-corrected chi connectivity index (χ1v) is 7.76. The molecule has 1 aromatic rings. The molecule has 0 spiro atoms. The lowest BCUT2D eigenvalue weighted by Gasteiger charge is -2.24. The van der Waals surface area contributed by atoms with Gasteiger partial charge in [0.15, 0.2) is 0 Å². The average Bonchev–Trinajstić information content (AvgIpc) is 2.34. The molecule has 0 fully saturated rings. The Morgan fingerprint density at radius 2 is 1.90 bits per heavy atom. The van der Waals surface area contributed by atoms with E-state index in [4.69, 9.17) is 4.74 Å². The van der Waals surface area contributed by atoms with E-state index in [1.807, 2.05) is 32.9 Å². The maximum absolute atomic E-state index is 11.8. The van der Waals surface area contributed by atoms with Gasteiger partial charge in [0.05, 0.1) is 0 Å². The fourth-order valence-electron chi connectivity index (χ4n) is 1.80. The predicted molar refractivity (Wildman–Crippen MR) is 85.9 cm³/mol. The van der Waals surface area contributed by atoms with E-state index in [0.29, 0.717) is 0 Å². The van der Waals surface area contributed by atoms with Crippen molar-refractivity contribution >= 4 is 22.0 Å². The summed E-state index contributed by atoms with van der Waals surface area (Å²) < 4.78 is 6.47. The van der Waals surface area contributed by atoms with E-state index >= 15 is 0 Å². The van der Waals surface area contributed by atoms with E-state index < -0.39 is 5.60 Å². The molecule has 0 atom stereocenters. The maximum atomic E-state index is 11.8. The molecule has 1 amide bonds. The second-order valence-electron chi connectivity index (χ2n) is 5.95. The van der Waals surface area contributed by atoms with Crippen molar-refractivity contribution in [1.82, 2.24) is 4.90 Å². The normalized spacial score (nSPS) is 11.2. The van der Waals surface area contributed by atoms with Crippen LogP contribution in [0.25, 0.3) is 0 Å². The summed E-state index contributed by atoms with van der Waals surface area (Å²) in [7, 11) is 1.78. The number of hydrogen-bond donors (Lipinski definition) is 0. The smallest absolute Gasteiger partial charge is 0.410 e. The van der Waals surface area contributed by atoms with E-state index in [0.717, 1.165) is 30.3 Å². The Kier molecular flexibility index (Phi) is 6.53. The van der Waals surface area contributed by atoms with Gasteiger partial charge in [-0.2, -0.15) is 0 Å². The molecule has 0 bridgehead atoms. The van der Waals surface area contributed by atoms with Gasteiger partial charge in [-0.25, -0.2) is 4.79 Å². The number of ether oxygens (including phenoxy) is 1. The Balaban J connectivity index is 2.27. The van der Waals surface area contributed by atoms with Crippen LogP contribution in [-0.2, 0) is 11.2 Å². The molecule has 112 valence electrons. The molecular formula is C16H24BrNO2. The fourth-order valence-corrected chi connectivity index (χ4v) is 2.28. The first-order valence-electron chi connectivity index (χ1n) is 6.97. The summed E-state index contributed by atoms with van der Waals surface area (Å²) in [5.41, 5.74) is 0.882. The summed E-state index contributed by atoms with van der Waals surface area (Å²) in [5.74, 6) is 0. The number of aryl methyl sites for hydroxylation is 1. The topological polar surface area (TPSA) is 29.5 Å². The van der Waals surface area contributed by atoms with Gasteiger partial charge >= 0.3 is 6.09 Å². The second kappa shape index (κ2) is 7.67. The molecule has 0 aliphatic heterocycles. The van der Waals surface area contributed by atoms with Crippen molar-refractivity contribution in [1.29, 1.82) is 0 Å². The van der Waals surface area contributed by atoms with Gasteiger partial charge in [0.1, 0.15) is 5.60 Å². The van der Waals surface area contributed by atoms with E-state index in [1.165, 1.54) is 5.56 Å². The van der Waals surface area contributed by atoms with Gasteiger partial charge in [0.25, 0.3) is 0 Å². The Labute approximate surface area is 130 Å². The highest BCUT2D eigenvalue weighted by Gasteiger charge is 2.18. The lowest BCUT2D eigenvalue weighted by atomic mass is 10.1. The SMILES string of the molecule is CN(CCCCc1ccccc1Br)C(=O)OC(C)(C)C. The van der Waals surface area contributed by atoms with Gasteiger partial charge in [-0.15, -0.1) is 0 Å². The average molecular weight is 342 g/mol. The van der Waals surface area contributed by atoms with Crippen LogP contribution in [0.5, 0.6) is 0 Å². The van der Waals surface area contributed by atoms with Crippen LogP contribution in [0.2, 0.25) is 0 Å². The zero-order valence-corrected chi connectivity index (χ0v) is 14.4. The molecule has 0 saturated carbocycles. The summed E-state index contributed by atoms with van der Waals surface area (Å²) in [5, 5.41) is 0. The molecule has 0 radical (unpaired) electrons. The van der Waals surface area contributed by atoms with Crippen LogP contribution in [0.1, 0.15) is 39.2 Å². The number of hydrogen-bond acceptors (Lipinski definition) is 2. The van der Waals surface area contributed by atoms with E-state index in [1.54, 1.807) is 11.9 Å². The number of amides is 1. The van der Waals surface area contributed by atoms with Crippen molar-refractivity contribution in [2.75, 3.05) is 13.6 Å². The highest BCUT2D eigenvalue weighted by molar-refractivity contribution is 9.10. The Hall–Kier alpha value is -1.03. The molecule has 3 nitrogen and oxygen atoms in total. The highest BCUT2D eigenvalue weighted by atomic mass is 79.9. The molecule has 0 aliphatic carbocycles. The number of nitrogens with zero attached hydrogens (tertiary/aromatic N) is 1. The molecule has 0 unspecified atom stereocenters. The second-order valence-corrected chi connectivity index (χ2v) is 6.80. The van der Waals surface area contributed by atoms with Gasteiger partial charge in [-0.05, 0) is 51.7 Å². The molecule has 1 rings (SSSR count). The number of carbonyl (C=O) groups excluding carboxylic acids is 1. The number of rotatable bonds is 5. The van der Waals surface area contributed by atoms with Crippen molar-refractivity contribution in [2.45, 2.75) is 45.6 Å². The lowest BCUT2D eigenvalue weighted by molar-refractivity contribution is 0.0296. The minimum absolute atomic E-state index is 0.251. The highest BCUT2D eigenvalue weighted by Crippen LogP contribution is 2.18. The minimum Gasteiger partial charge on any atom is -0.444 e. The molecule has 0 aliphatic rings. The molecule has 1 aromatic carbocycles. The van der Waals surface area contributed by atoms with Crippen molar-refractivity contribution in [2.24, 2.45) is 0 Å².